The minimum Gasteiger partial charge on any atom is -0.396 e. The highest BCUT2D eigenvalue weighted by Gasteiger charge is 2.13. The van der Waals surface area contributed by atoms with Crippen LogP contribution in [0.1, 0.15) is 30.3 Å². The van der Waals surface area contributed by atoms with Crippen molar-refractivity contribution in [1.82, 2.24) is 14.8 Å². The van der Waals surface area contributed by atoms with Crippen molar-refractivity contribution in [1.29, 1.82) is 0 Å². The summed E-state index contributed by atoms with van der Waals surface area (Å²) in [5, 5.41) is 4.53. The third-order valence-electron chi connectivity index (χ3n) is 2.96. The Bertz CT molecular complexity index is 528. The molecule has 0 fully saturated rings. The van der Waals surface area contributed by atoms with Crippen LogP contribution in [0.5, 0.6) is 0 Å². The molecular formula is C13H18N4. The van der Waals surface area contributed by atoms with Gasteiger partial charge in [0.1, 0.15) is 0 Å². The molecule has 0 saturated carbocycles. The highest BCUT2D eigenvalue weighted by molar-refractivity contribution is 5.53. The van der Waals surface area contributed by atoms with E-state index in [2.05, 4.69) is 23.9 Å². The van der Waals surface area contributed by atoms with Gasteiger partial charge in [-0.05, 0) is 38.0 Å². The highest BCUT2D eigenvalue weighted by atomic mass is 15.3. The Labute approximate surface area is 101 Å². The summed E-state index contributed by atoms with van der Waals surface area (Å²) in [5.41, 5.74) is 10.1. The van der Waals surface area contributed by atoms with Crippen LogP contribution in [0.3, 0.4) is 0 Å². The first-order chi connectivity index (χ1) is 8.15. The summed E-state index contributed by atoms with van der Waals surface area (Å²) in [7, 11) is 0. The van der Waals surface area contributed by atoms with Crippen LogP contribution in [0, 0.1) is 13.8 Å². The summed E-state index contributed by atoms with van der Waals surface area (Å²) in [6, 6.07) is 3.68. The Hall–Kier alpha value is -1.84. The van der Waals surface area contributed by atoms with Crippen LogP contribution in [-0.2, 0) is 6.42 Å². The van der Waals surface area contributed by atoms with Crippen molar-refractivity contribution >= 4 is 5.69 Å². The molecule has 0 aromatic carbocycles. The van der Waals surface area contributed by atoms with Crippen molar-refractivity contribution in [2.24, 2.45) is 0 Å². The molecule has 0 bridgehead atoms. The van der Waals surface area contributed by atoms with Gasteiger partial charge in [0.05, 0.1) is 11.4 Å². The second-order valence-electron chi connectivity index (χ2n) is 4.23. The van der Waals surface area contributed by atoms with Gasteiger partial charge in [-0.2, -0.15) is 5.10 Å². The molecule has 4 heteroatoms. The average Bonchev–Trinajstić information content (AvgIpc) is 2.58. The van der Waals surface area contributed by atoms with Crippen molar-refractivity contribution in [3.63, 3.8) is 0 Å². The Balaban J connectivity index is 2.54. The SMILES string of the molecule is CCCc1c(C)nn(-c2ncccc2N)c1C. The van der Waals surface area contributed by atoms with Gasteiger partial charge in [-0.1, -0.05) is 13.3 Å². The lowest BCUT2D eigenvalue weighted by Crippen LogP contribution is -2.05. The molecule has 0 radical (unpaired) electrons. The first-order valence-electron chi connectivity index (χ1n) is 5.91. The number of pyridine rings is 1. The van der Waals surface area contributed by atoms with Gasteiger partial charge < -0.3 is 5.73 Å². The van der Waals surface area contributed by atoms with Crippen LogP contribution in [0.25, 0.3) is 5.82 Å². The molecule has 4 nitrogen and oxygen atoms in total. The number of hydrogen-bond acceptors (Lipinski definition) is 3. The van der Waals surface area contributed by atoms with E-state index in [1.807, 2.05) is 23.7 Å². The average molecular weight is 230 g/mol. The predicted molar refractivity (Wildman–Crippen MR) is 69.2 cm³/mol. The summed E-state index contributed by atoms with van der Waals surface area (Å²) in [4.78, 5) is 4.30. The summed E-state index contributed by atoms with van der Waals surface area (Å²) in [6.07, 6.45) is 3.90. The van der Waals surface area contributed by atoms with Crippen LogP contribution in [0.15, 0.2) is 18.3 Å². The van der Waals surface area contributed by atoms with Crippen molar-refractivity contribution in [2.75, 3.05) is 5.73 Å². The van der Waals surface area contributed by atoms with E-state index >= 15 is 0 Å². The number of hydrogen-bond donors (Lipinski definition) is 1. The number of nitrogens with zero attached hydrogens (tertiary/aromatic N) is 3. The zero-order chi connectivity index (χ0) is 12.4. The Kier molecular flexibility index (Phi) is 3.13. The van der Waals surface area contributed by atoms with Crippen LogP contribution in [0.2, 0.25) is 0 Å². The number of aryl methyl sites for hydroxylation is 1. The molecule has 0 unspecified atom stereocenters. The third kappa shape index (κ3) is 2.02. The topological polar surface area (TPSA) is 56.7 Å². The number of aromatic nitrogens is 3. The fourth-order valence-corrected chi connectivity index (χ4v) is 2.08. The van der Waals surface area contributed by atoms with Gasteiger partial charge in [0.2, 0.25) is 0 Å². The van der Waals surface area contributed by atoms with E-state index in [0.717, 1.165) is 30.0 Å². The van der Waals surface area contributed by atoms with Crippen LogP contribution in [0.4, 0.5) is 5.69 Å². The summed E-state index contributed by atoms with van der Waals surface area (Å²) in [6.45, 7) is 6.28. The lowest BCUT2D eigenvalue weighted by atomic mass is 10.1. The van der Waals surface area contributed by atoms with Gasteiger partial charge in [0, 0.05) is 11.9 Å². The standard InChI is InChI=1S/C13H18N4/c1-4-6-11-9(2)16-17(10(11)3)13-12(14)7-5-8-15-13/h5,7-8H,4,6,14H2,1-3H3. The molecule has 2 N–H and O–H groups in total. The third-order valence-corrected chi connectivity index (χ3v) is 2.96. The fourth-order valence-electron chi connectivity index (χ4n) is 2.08. The number of anilines is 1. The molecule has 0 spiro atoms. The first-order valence-corrected chi connectivity index (χ1v) is 5.91. The monoisotopic (exact) mass is 230 g/mol. The van der Waals surface area contributed by atoms with Crippen LogP contribution < -0.4 is 5.73 Å². The van der Waals surface area contributed by atoms with Crippen LogP contribution in [-0.4, -0.2) is 14.8 Å². The predicted octanol–water partition coefficient (Wildman–Crippen LogP) is 2.42. The zero-order valence-electron chi connectivity index (χ0n) is 10.6. The van der Waals surface area contributed by atoms with Crippen LogP contribution >= 0.6 is 0 Å². The molecule has 0 atom stereocenters. The molecule has 0 aliphatic heterocycles. The Morgan fingerprint density at radius 1 is 1.35 bits per heavy atom. The molecule has 17 heavy (non-hydrogen) atoms. The molecule has 2 aromatic heterocycles. The van der Waals surface area contributed by atoms with Gasteiger partial charge in [-0.3, -0.25) is 0 Å². The maximum absolute atomic E-state index is 5.93. The minimum absolute atomic E-state index is 0.654. The molecule has 0 aliphatic rings. The second kappa shape index (κ2) is 4.57. The van der Waals surface area contributed by atoms with Crippen molar-refractivity contribution in [3.05, 3.63) is 35.3 Å². The van der Waals surface area contributed by atoms with Crippen molar-refractivity contribution in [3.8, 4) is 5.82 Å². The smallest absolute Gasteiger partial charge is 0.176 e. The molecule has 0 amide bonds. The summed E-state index contributed by atoms with van der Waals surface area (Å²) < 4.78 is 1.84. The van der Waals surface area contributed by atoms with E-state index in [0.29, 0.717) is 5.69 Å². The molecular weight excluding hydrogens is 212 g/mol. The Morgan fingerprint density at radius 3 is 2.76 bits per heavy atom. The summed E-state index contributed by atoms with van der Waals surface area (Å²) >= 11 is 0. The van der Waals surface area contributed by atoms with E-state index < -0.39 is 0 Å². The van der Waals surface area contributed by atoms with Gasteiger partial charge >= 0.3 is 0 Å². The van der Waals surface area contributed by atoms with E-state index in [9.17, 15) is 0 Å². The summed E-state index contributed by atoms with van der Waals surface area (Å²) in [5.74, 6) is 0.718. The first kappa shape index (κ1) is 11.6. The maximum atomic E-state index is 5.93. The zero-order valence-corrected chi connectivity index (χ0v) is 10.6. The lowest BCUT2D eigenvalue weighted by Gasteiger charge is -2.06. The number of rotatable bonds is 3. The van der Waals surface area contributed by atoms with Gasteiger partial charge in [0.15, 0.2) is 5.82 Å². The fraction of sp³-hybridized carbons (Fsp3) is 0.385. The molecule has 2 heterocycles. The molecule has 2 rings (SSSR count). The quantitative estimate of drug-likeness (QED) is 0.881. The number of nitrogens with two attached hydrogens (primary N) is 1. The highest BCUT2D eigenvalue weighted by Crippen LogP contribution is 2.20. The van der Waals surface area contributed by atoms with E-state index in [4.69, 9.17) is 5.73 Å². The normalized spacial score (nSPS) is 10.8. The maximum Gasteiger partial charge on any atom is 0.176 e. The Morgan fingerprint density at radius 2 is 2.12 bits per heavy atom. The molecule has 0 aliphatic carbocycles. The van der Waals surface area contributed by atoms with E-state index in [-0.39, 0.29) is 0 Å². The molecule has 2 aromatic rings. The van der Waals surface area contributed by atoms with E-state index in [1.54, 1.807) is 6.20 Å². The van der Waals surface area contributed by atoms with Crippen molar-refractivity contribution in [2.45, 2.75) is 33.6 Å². The second-order valence-corrected chi connectivity index (χ2v) is 4.23. The lowest BCUT2D eigenvalue weighted by molar-refractivity contribution is 0.806. The van der Waals surface area contributed by atoms with Gasteiger partial charge in [0.25, 0.3) is 0 Å². The van der Waals surface area contributed by atoms with Crippen molar-refractivity contribution < 1.29 is 0 Å². The molecule has 0 saturated heterocycles. The van der Waals surface area contributed by atoms with E-state index in [1.165, 1.54) is 5.56 Å². The minimum atomic E-state index is 0.654. The number of nitrogen functional groups attached to an aromatic ring is 1. The van der Waals surface area contributed by atoms with Gasteiger partial charge in [-0.15, -0.1) is 0 Å². The van der Waals surface area contributed by atoms with Gasteiger partial charge in [-0.25, -0.2) is 9.67 Å². The molecule has 90 valence electrons. The largest absolute Gasteiger partial charge is 0.396 e.